The van der Waals surface area contributed by atoms with Gasteiger partial charge in [-0.2, -0.15) is 0 Å². The van der Waals surface area contributed by atoms with E-state index in [0.29, 0.717) is 5.95 Å². The maximum Gasteiger partial charge on any atom is 0.338 e. The van der Waals surface area contributed by atoms with Gasteiger partial charge in [-0.15, -0.1) is 0 Å². The minimum Gasteiger partial charge on any atom is -0.478 e. The number of benzene rings is 1. The third-order valence-corrected chi connectivity index (χ3v) is 6.36. The molecule has 1 aliphatic rings. The molecule has 6 nitrogen and oxygen atoms in total. The molecule has 1 aromatic carbocycles. The molecule has 3 aromatic rings. The summed E-state index contributed by atoms with van der Waals surface area (Å²) in [6.45, 7) is 1.86. The number of halogens is 1. The average molecular weight is 427 g/mol. The van der Waals surface area contributed by atoms with E-state index in [1.807, 2.05) is 6.07 Å². The number of nitrogens with zero attached hydrogens (tertiary/aromatic N) is 4. The van der Waals surface area contributed by atoms with Gasteiger partial charge in [0.15, 0.2) is 0 Å². The molecule has 0 amide bonds. The van der Waals surface area contributed by atoms with Crippen molar-refractivity contribution in [3.63, 3.8) is 0 Å². The Morgan fingerprint density at radius 2 is 1.93 bits per heavy atom. The van der Waals surface area contributed by atoms with Gasteiger partial charge >= 0.3 is 5.97 Å². The number of aryl methyl sites for hydroxylation is 2. The summed E-state index contributed by atoms with van der Waals surface area (Å²) in [5, 5.41) is 11.0. The molecular weight excluding hydrogens is 400 g/mol. The molecule has 0 aliphatic carbocycles. The second-order valence-corrected chi connectivity index (χ2v) is 8.62. The summed E-state index contributed by atoms with van der Waals surface area (Å²) < 4.78 is 2.18. The number of aromatic carboxylic acids is 1. The molecule has 1 saturated heterocycles. The molecule has 0 spiro atoms. The predicted octanol–water partition coefficient (Wildman–Crippen LogP) is 4.95. The lowest BCUT2D eigenvalue weighted by atomic mass is 9.91. The molecular formula is C23H27ClN4O2. The molecule has 0 atom stereocenters. The molecule has 4 rings (SSSR count). The van der Waals surface area contributed by atoms with Gasteiger partial charge in [0.25, 0.3) is 0 Å². The molecule has 2 aromatic heterocycles. The van der Waals surface area contributed by atoms with Crippen LogP contribution in [-0.4, -0.2) is 38.7 Å². The highest BCUT2D eigenvalue weighted by atomic mass is 35.5. The number of hydrogen-bond acceptors (Lipinski definition) is 4. The summed E-state index contributed by atoms with van der Waals surface area (Å²) in [5.41, 5.74) is 2.74. The summed E-state index contributed by atoms with van der Waals surface area (Å²) in [5.74, 6) is 0.376. The van der Waals surface area contributed by atoms with Gasteiger partial charge in [-0.3, -0.25) is 0 Å². The molecule has 1 N–H and O–H groups in total. The van der Waals surface area contributed by atoms with E-state index in [0.717, 1.165) is 43.3 Å². The number of fused-ring (bicyclic) bond motifs is 1. The fraction of sp³-hybridized carbons (Fsp3) is 0.435. The van der Waals surface area contributed by atoms with Crippen LogP contribution in [0.25, 0.3) is 10.9 Å². The highest BCUT2D eigenvalue weighted by molar-refractivity contribution is 6.31. The van der Waals surface area contributed by atoms with Gasteiger partial charge < -0.3 is 14.6 Å². The van der Waals surface area contributed by atoms with Crippen LogP contribution in [0.1, 0.15) is 48.0 Å². The van der Waals surface area contributed by atoms with E-state index in [1.165, 1.54) is 48.1 Å². The van der Waals surface area contributed by atoms with Crippen molar-refractivity contribution in [2.45, 2.75) is 38.5 Å². The van der Waals surface area contributed by atoms with Gasteiger partial charge in [0.2, 0.25) is 5.95 Å². The number of aromatic nitrogens is 3. The van der Waals surface area contributed by atoms with E-state index in [4.69, 9.17) is 16.7 Å². The average Bonchev–Trinajstić information content (AvgIpc) is 3.06. The van der Waals surface area contributed by atoms with Crippen molar-refractivity contribution in [3.8, 4) is 0 Å². The van der Waals surface area contributed by atoms with Crippen molar-refractivity contribution in [1.82, 2.24) is 14.5 Å². The SMILES string of the molecule is Cn1cc(CCCCC2CCN(c3ncc(C(=O)O)cn3)CC2)c2cc(Cl)ccc21. The van der Waals surface area contributed by atoms with Crippen molar-refractivity contribution < 1.29 is 9.90 Å². The van der Waals surface area contributed by atoms with Crippen LogP contribution >= 0.6 is 11.6 Å². The first-order chi connectivity index (χ1) is 14.5. The highest BCUT2D eigenvalue weighted by Gasteiger charge is 2.21. The number of rotatable bonds is 7. The fourth-order valence-electron chi connectivity index (χ4n) is 4.41. The molecule has 0 bridgehead atoms. The zero-order chi connectivity index (χ0) is 21.1. The lowest BCUT2D eigenvalue weighted by Gasteiger charge is -2.32. The zero-order valence-electron chi connectivity index (χ0n) is 17.2. The number of anilines is 1. The number of hydrogen-bond donors (Lipinski definition) is 1. The predicted molar refractivity (Wildman–Crippen MR) is 119 cm³/mol. The van der Waals surface area contributed by atoms with Gasteiger partial charge in [0, 0.05) is 54.7 Å². The Bertz CT molecular complexity index is 1020. The Balaban J connectivity index is 1.23. The van der Waals surface area contributed by atoms with Crippen LogP contribution in [0.15, 0.2) is 36.8 Å². The van der Waals surface area contributed by atoms with Crippen molar-refractivity contribution >= 4 is 34.4 Å². The van der Waals surface area contributed by atoms with E-state index in [-0.39, 0.29) is 5.56 Å². The normalized spacial score (nSPS) is 15.1. The maximum absolute atomic E-state index is 10.9. The molecule has 158 valence electrons. The third-order valence-electron chi connectivity index (χ3n) is 6.13. The summed E-state index contributed by atoms with van der Waals surface area (Å²) in [6.07, 6.45) is 12.0. The van der Waals surface area contributed by atoms with E-state index in [1.54, 1.807) is 0 Å². The Morgan fingerprint density at radius 1 is 1.20 bits per heavy atom. The molecule has 3 heterocycles. The van der Waals surface area contributed by atoms with Gasteiger partial charge in [0.05, 0.1) is 5.56 Å². The van der Waals surface area contributed by atoms with Gasteiger partial charge in [-0.1, -0.05) is 24.4 Å². The molecule has 0 radical (unpaired) electrons. The van der Waals surface area contributed by atoms with Gasteiger partial charge in [0.1, 0.15) is 0 Å². The Labute approximate surface area is 181 Å². The van der Waals surface area contributed by atoms with Crippen molar-refractivity contribution in [2.24, 2.45) is 13.0 Å². The van der Waals surface area contributed by atoms with Crippen LogP contribution in [0, 0.1) is 5.92 Å². The molecule has 1 fully saturated rings. The van der Waals surface area contributed by atoms with Crippen LogP contribution in [0.4, 0.5) is 5.95 Å². The standard InChI is InChI=1S/C23H27ClN4O2/c1-27-15-17(20-12-19(24)6-7-21(20)27)5-3-2-4-16-8-10-28(11-9-16)23-25-13-18(14-26-23)22(29)30/h6-7,12-16H,2-5,8-11H2,1H3,(H,29,30). The lowest BCUT2D eigenvalue weighted by Crippen LogP contribution is -2.34. The van der Waals surface area contributed by atoms with E-state index in [9.17, 15) is 4.79 Å². The van der Waals surface area contributed by atoms with Crippen LogP contribution < -0.4 is 4.90 Å². The Hall–Kier alpha value is -2.60. The third kappa shape index (κ3) is 4.59. The van der Waals surface area contributed by atoms with Crippen LogP contribution in [0.3, 0.4) is 0 Å². The number of piperidine rings is 1. The number of carboxylic acid groups (broad SMARTS) is 1. The van der Waals surface area contributed by atoms with E-state index in [2.05, 4.69) is 44.8 Å². The first-order valence-electron chi connectivity index (χ1n) is 10.5. The van der Waals surface area contributed by atoms with Crippen molar-refractivity contribution in [1.29, 1.82) is 0 Å². The first kappa shape index (κ1) is 20.7. The quantitative estimate of drug-likeness (QED) is 0.541. The monoisotopic (exact) mass is 426 g/mol. The molecule has 7 heteroatoms. The lowest BCUT2D eigenvalue weighted by molar-refractivity contribution is 0.0696. The largest absolute Gasteiger partial charge is 0.478 e. The summed E-state index contributed by atoms with van der Waals surface area (Å²) in [6, 6.07) is 6.12. The summed E-state index contributed by atoms with van der Waals surface area (Å²) in [7, 11) is 2.09. The number of carboxylic acids is 1. The smallest absolute Gasteiger partial charge is 0.338 e. The first-order valence-corrected chi connectivity index (χ1v) is 10.9. The second-order valence-electron chi connectivity index (χ2n) is 8.18. The zero-order valence-corrected chi connectivity index (χ0v) is 18.0. The van der Waals surface area contributed by atoms with Gasteiger partial charge in [-0.05, 0) is 55.4 Å². The minimum atomic E-state index is -0.994. The van der Waals surface area contributed by atoms with Gasteiger partial charge in [-0.25, -0.2) is 14.8 Å². The molecule has 0 saturated carbocycles. The maximum atomic E-state index is 10.9. The van der Waals surface area contributed by atoms with Crippen LogP contribution in [0.5, 0.6) is 0 Å². The van der Waals surface area contributed by atoms with E-state index < -0.39 is 5.97 Å². The molecule has 1 aliphatic heterocycles. The van der Waals surface area contributed by atoms with E-state index >= 15 is 0 Å². The fourth-order valence-corrected chi connectivity index (χ4v) is 4.58. The van der Waals surface area contributed by atoms with Crippen LogP contribution in [0.2, 0.25) is 5.02 Å². The molecule has 30 heavy (non-hydrogen) atoms. The van der Waals surface area contributed by atoms with Crippen molar-refractivity contribution in [3.05, 3.63) is 52.9 Å². The van der Waals surface area contributed by atoms with Crippen molar-refractivity contribution in [2.75, 3.05) is 18.0 Å². The minimum absolute atomic E-state index is 0.127. The second kappa shape index (κ2) is 9.04. The Morgan fingerprint density at radius 3 is 2.63 bits per heavy atom. The topological polar surface area (TPSA) is 71.2 Å². The van der Waals surface area contributed by atoms with Crippen LogP contribution in [-0.2, 0) is 13.5 Å². The number of unbranched alkanes of at least 4 members (excludes halogenated alkanes) is 1. The number of carbonyl (C=O) groups is 1. The highest BCUT2D eigenvalue weighted by Crippen LogP contribution is 2.28. The Kier molecular flexibility index (Phi) is 6.23. The molecule has 0 unspecified atom stereocenters. The summed E-state index contributed by atoms with van der Waals surface area (Å²) in [4.78, 5) is 21.5. The summed E-state index contributed by atoms with van der Waals surface area (Å²) >= 11 is 6.19.